The van der Waals surface area contributed by atoms with Gasteiger partial charge in [0.05, 0.1) is 10.2 Å². The number of anilines is 1. The van der Waals surface area contributed by atoms with Gasteiger partial charge in [-0.3, -0.25) is 9.69 Å². The summed E-state index contributed by atoms with van der Waals surface area (Å²) in [5.74, 6) is 0.383. The molecule has 5 rings (SSSR count). The van der Waals surface area contributed by atoms with E-state index in [9.17, 15) is 4.79 Å². The van der Waals surface area contributed by atoms with Crippen LogP contribution in [0.2, 0.25) is 0 Å². The molecule has 2 saturated heterocycles. The number of nitrogens with one attached hydrogen (secondary N) is 1. The summed E-state index contributed by atoms with van der Waals surface area (Å²) in [6.45, 7) is 9.20. The van der Waals surface area contributed by atoms with Crippen LogP contribution in [0.15, 0.2) is 42.5 Å². The highest BCUT2D eigenvalue weighted by molar-refractivity contribution is 7.22. The van der Waals surface area contributed by atoms with E-state index in [4.69, 9.17) is 4.98 Å². The number of thiazole rings is 1. The van der Waals surface area contributed by atoms with Crippen molar-refractivity contribution in [2.24, 2.45) is 5.92 Å². The number of aryl methyl sites for hydroxylation is 2. The molecule has 2 aliphatic rings. The highest BCUT2D eigenvalue weighted by Gasteiger charge is 2.29. The van der Waals surface area contributed by atoms with Crippen LogP contribution >= 0.6 is 11.3 Å². The SMILES string of the molecule is Cc1cc(C)c2nc(N3CCC(C(=O)NC4CCN(Cc5ccccc5)CC4)CC3)sc2c1. The summed E-state index contributed by atoms with van der Waals surface area (Å²) in [7, 11) is 0. The van der Waals surface area contributed by atoms with E-state index in [1.807, 2.05) is 0 Å². The van der Waals surface area contributed by atoms with Crippen molar-refractivity contribution < 1.29 is 4.79 Å². The number of carbonyl (C=O) groups excluding carboxylic acids is 1. The standard InChI is InChI=1S/C27H34N4OS/c1-19-16-20(2)25-24(17-19)33-27(29-25)31-14-8-22(9-15-31)26(32)28-23-10-12-30(13-11-23)18-21-6-4-3-5-7-21/h3-7,16-17,22-23H,8-15,18H2,1-2H3,(H,28,32). The van der Waals surface area contributed by atoms with Crippen LogP contribution in [0.25, 0.3) is 10.2 Å². The summed E-state index contributed by atoms with van der Waals surface area (Å²) < 4.78 is 1.26. The van der Waals surface area contributed by atoms with Crippen molar-refractivity contribution in [3.05, 3.63) is 59.2 Å². The van der Waals surface area contributed by atoms with Gasteiger partial charge in [-0.25, -0.2) is 4.98 Å². The van der Waals surface area contributed by atoms with E-state index in [0.717, 1.165) is 69.1 Å². The van der Waals surface area contributed by atoms with Gasteiger partial charge >= 0.3 is 0 Å². The van der Waals surface area contributed by atoms with Crippen LogP contribution in [0.3, 0.4) is 0 Å². The molecule has 6 heteroatoms. The summed E-state index contributed by atoms with van der Waals surface area (Å²) in [5.41, 5.74) is 5.03. The van der Waals surface area contributed by atoms with Gasteiger partial charge in [-0.15, -0.1) is 0 Å². The average molecular weight is 463 g/mol. The Balaban J connectivity index is 1.09. The van der Waals surface area contributed by atoms with Crippen molar-refractivity contribution in [2.75, 3.05) is 31.1 Å². The zero-order chi connectivity index (χ0) is 22.8. The molecule has 5 nitrogen and oxygen atoms in total. The van der Waals surface area contributed by atoms with Crippen LogP contribution < -0.4 is 10.2 Å². The Morgan fingerprint density at radius 3 is 2.48 bits per heavy atom. The minimum absolute atomic E-state index is 0.127. The molecular weight excluding hydrogens is 428 g/mol. The van der Waals surface area contributed by atoms with Gasteiger partial charge in [0.1, 0.15) is 0 Å². The number of fused-ring (bicyclic) bond motifs is 1. The van der Waals surface area contributed by atoms with Crippen LogP contribution in [0.5, 0.6) is 0 Å². The van der Waals surface area contributed by atoms with E-state index in [0.29, 0.717) is 6.04 Å². The van der Waals surface area contributed by atoms with Crippen molar-refractivity contribution in [2.45, 2.75) is 52.1 Å². The van der Waals surface area contributed by atoms with Crippen LogP contribution in [-0.4, -0.2) is 48.0 Å². The summed E-state index contributed by atoms with van der Waals surface area (Å²) in [5, 5.41) is 4.47. The van der Waals surface area contributed by atoms with Gasteiger partial charge in [-0.05, 0) is 62.3 Å². The van der Waals surface area contributed by atoms with Gasteiger partial charge in [0.15, 0.2) is 5.13 Å². The Kier molecular flexibility index (Phi) is 6.65. The maximum Gasteiger partial charge on any atom is 0.223 e. The first-order valence-corrected chi connectivity index (χ1v) is 13.1. The third-order valence-corrected chi connectivity index (χ3v) is 8.20. The van der Waals surface area contributed by atoms with Crippen LogP contribution in [-0.2, 0) is 11.3 Å². The number of benzene rings is 2. The number of hydrogen-bond donors (Lipinski definition) is 1. The molecule has 174 valence electrons. The number of hydrogen-bond acceptors (Lipinski definition) is 5. The van der Waals surface area contributed by atoms with Gasteiger partial charge < -0.3 is 10.2 Å². The molecule has 1 amide bonds. The Morgan fingerprint density at radius 2 is 1.76 bits per heavy atom. The monoisotopic (exact) mass is 462 g/mol. The van der Waals surface area contributed by atoms with Crippen LogP contribution in [0.1, 0.15) is 42.4 Å². The molecule has 3 aromatic rings. The highest BCUT2D eigenvalue weighted by Crippen LogP contribution is 2.33. The Bertz CT molecular complexity index is 1100. The predicted octanol–water partition coefficient (Wildman–Crippen LogP) is 4.91. The van der Waals surface area contributed by atoms with Gasteiger partial charge in [-0.1, -0.05) is 47.7 Å². The third kappa shape index (κ3) is 5.22. The fraction of sp³-hybridized carbons (Fsp3) is 0.481. The van der Waals surface area contributed by atoms with Crippen LogP contribution in [0, 0.1) is 19.8 Å². The van der Waals surface area contributed by atoms with E-state index in [-0.39, 0.29) is 11.8 Å². The van der Waals surface area contributed by atoms with Gasteiger partial charge in [0, 0.05) is 44.7 Å². The molecule has 1 aromatic heterocycles. The number of likely N-dealkylation sites (tertiary alicyclic amines) is 1. The van der Waals surface area contributed by atoms with Crippen molar-refractivity contribution >= 4 is 32.6 Å². The average Bonchev–Trinajstić information content (AvgIpc) is 3.26. The number of carbonyl (C=O) groups is 1. The first-order chi connectivity index (χ1) is 16.0. The molecule has 2 fully saturated rings. The predicted molar refractivity (Wildman–Crippen MR) is 137 cm³/mol. The molecule has 0 spiro atoms. The first-order valence-electron chi connectivity index (χ1n) is 12.2. The molecule has 2 aliphatic heterocycles. The Morgan fingerprint density at radius 1 is 1.03 bits per heavy atom. The molecular formula is C27H34N4OS. The van der Waals surface area contributed by atoms with Gasteiger partial charge in [0.2, 0.25) is 5.91 Å². The number of piperidine rings is 2. The largest absolute Gasteiger partial charge is 0.353 e. The molecule has 0 unspecified atom stereocenters. The topological polar surface area (TPSA) is 48.5 Å². The van der Waals surface area contributed by atoms with Crippen molar-refractivity contribution in [1.82, 2.24) is 15.2 Å². The number of aromatic nitrogens is 1. The molecule has 0 aliphatic carbocycles. The fourth-order valence-corrected chi connectivity index (χ4v) is 6.42. The number of rotatable bonds is 5. The van der Waals surface area contributed by atoms with E-state index in [2.05, 4.69) is 71.4 Å². The molecule has 1 N–H and O–H groups in total. The van der Waals surface area contributed by atoms with Crippen molar-refractivity contribution in [3.63, 3.8) is 0 Å². The Hall–Kier alpha value is -2.44. The Labute approximate surface area is 200 Å². The van der Waals surface area contributed by atoms with Crippen molar-refractivity contribution in [3.8, 4) is 0 Å². The van der Waals surface area contributed by atoms with Gasteiger partial charge in [0.25, 0.3) is 0 Å². The van der Waals surface area contributed by atoms with Gasteiger partial charge in [-0.2, -0.15) is 0 Å². The molecule has 2 aromatic carbocycles. The highest BCUT2D eigenvalue weighted by atomic mass is 32.1. The lowest BCUT2D eigenvalue weighted by molar-refractivity contribution is -0.126. The summed E-state index contributed by atoms with van der Waals surface area (Å²) in [6.07, 6.45) is 3.91. The smallest absolute Gasteiger partial charge is 0.223 e. The number of amides is 1. The number of nitrogens with zero attached hydrogens (tertiary/aromatic N) is 3. The maximum atomic E-state index is 12.9. The zero-order valence-electron chi connectivity index (χ0n) is 19.7. The summed E-state index contributed by atoms with van der Waals surface area (Å²) >= 11 is 1.78. The molecule has 0 atom stereocenters. The van der Waals surface area contributed by atoms with Crippen LogP contribution in [0.4, 0.5) is 5.13 Å². The summed E-state index contributed by atoms with van der Waals surface area (Å²) in [6, 6.07) is 15.4. The molecule has 0 bridgehead atoms. The molecule has 33 heavy (non-hydrogen) atoms. The lowest BCUT2D eigenvalue weighted by Gasteiger charge is -2.35. The minimum atomic E-state index is 0.127. The molecule has 0 saturated carbocycles. The lowest BCUT2D eigenvalue weighted by Crippen LogP contribution is -2.48. The third-order valence-electron chi connectivity index (χ3n) is 7.14. The second kappa shape index (κ2) is 9.82. The van der Waals surface area contributed by atoms with Crippen molar-refractivity contribution in [1.29, 1.82) is 0 Å². The fourth-order valence-electron chi connectivity index (χ4n) is 5.22. The molecule has 3 heterocycles. The maximum absolute atomic E-state index is 12.9. The lowest BCUT2D eigenvalue weighted by atomic mass is 9.95. The molecule has 0 radical (unpaired) electrons. The quantitative estimate of drug-likeness (QED) is 0.585. The first kappa shape index (κ1) is 22.4. The zero-order valence-corrected chi connectivity index (χ0v) is 20.5. The normalized spacial score (nSPS) is 18.7. The van der Waals surface area contributed by atoms with E-state index >= 15 is 0 Å². The summed E-state index contributed by atoms with van der Waals surface area (Å²) in [4.78, 5) is 22.7. The van der Waals surface area contributed by atoms with E-state index < -0.39 is 0 Å². The second-order valence-corrected chi connectivity index (χ2v) is 10.7. The van der Waals surface area contributed by atoms with E-state index in [1.165, 1.54) is 21.4 Å². The second-order valence-electron chi connectivity index (χ2n) is 9.73. The minimum Gasteiger partial charge on any atom is -0.353 e. The van der Waals surface area contributed by atoms with E-state index in [1.54, 1.807) is 11.3 Å².